The Bertz CT molecular complexity index is 508. The number of rotatable bonds is 5. The summed E-state index contributed by atoms with van der Waals surface area (Å²) in [7, 11) is 0. The summed E-state index contributed by atoms with van der Waals surface area (Å²) in [6.07, 6.45) is 0.239. The molecule has 1 unspecified atom stereocenters. The second-order valence-electron chi connectivity index (χ2n) is 3.93. The van der Waals surface area contributed by atoms with Gasteiger partial charge in [0, 0.05) is 12.6 Å². The minimum atomic E-state index is -1.40. The van der Waals surface area contributed by atoms with Crippen LogP contribution in [0.25, 0.3) is 0 Å². The van der Waals surface area contributed by atoms with Gasteiger partial charge in [-0.3, -0.25) is 14.9 Å². The minimum Gasteiger partial charge on any atom is -0.396 e. The van der Waals surface area contributed by atoms with Gasteiger partial charge in [-0.2, -0.15) is 0 Å². The van der Waals surface area contributed by atoms with E-state index in [4.69, 9.17) is 5.11 Å². The number of halogens is 2. The maximum atomic E-state index is 13.1. The number of aliphatic hydroxyl groups is 1. The number of nitrogens with zero attached hydrogens (tertiary/aromatic N) is 1. The lowest BCUT2D eigenvalue weighted by atomic mass is 10.1. The molecule has 0 aliphatic rings. The van der Waals surface area contributed by atoms with Gasteiger partial charge >= 0.3 is 0 Å². The number of aliphatic hydroxyl groups excluding tert-OH is 1. The molecule has 0 fully saturated rings. The molecule has 2 N–H and O–H groups in total. The van der Waals surface area contributed by atoms with Gasteiger partial charge in [-0.1, -0.05) is 0 Å². The summed E-state index contributed by atoms with van der Waals surface area (Å²) < 4.78 is 26.0. The molecule has 0 saturated heterocycles. The van der Waals surface area contributed by atoms with E-state index in [1.165, 1.54) is 0 Å². The van der Waals surface area contributed by atoms with Crippen LogP contribution in [0.3, 0.4) is 0 Å². The first kappa shape index (κ1) is 15.0. The Morgan fingerprint density at radius 3 is 2.58 bits per heavy atom. The third-order valence-corrected chi connectivity index (χ3v) is 2.42. The number of carbonyl (C=O) groups excluding carboxylic acids is 1. The van der Waals surface area contributed by atoms with Crippen molar-refractivity contribution in [2.75, 3.05) is 6.61 Å². The molecule has 0 bridgehead atoms. The van der Waals surface area contributed by atoms with Crippen molar-refractivity contribution in [3.8, 4) is 0 Å². The molecule has 1 atom stereocenters. The fraction of sp³-hybridized carbons (Fsp3) is 0.364. The summed E-state index contributed by atoms with van der Waals surface area (Å²) in [5.74, 6) is -3.64. The molecule has 0 saturated carbocycles. The van der Waals surface area contributed by atoms with Gasteiger partial charge in [0.25, 0.3) is 11.6 Å². The molecule has 8 heteroatoms. The highest BCUT2D eigenvalue weighted by Gasteiger charge is 2.24. The lowest BCUT2D eigenvalue weighted by Gasteiger charge is -2.12. The summed E-state index contributed by atoms with van der Waals surface area (Å²) in [6, 6.07) is 0.389. The second kappa shape index (κ2) is 6.19. The Kier molecular flexibility index (Phi) is 4.87. The minimum absolute atomic E-state index is 0.179. The van der Waals surface area contributed by atoms with Gasteiger partial charge < -0.3 is 10.4 Å². The maximum Gasteiger partial charge on any atom is 0.285 e. The smallest absolute Gasteiger partial charge is 0.285 e. The largest absolute Gasteiger partial charge is 0.396 e. The predicted molar refractivity (Wildman–Crippen MR) is 61.6 cm³/mol. The van der Waals surface area contributed by atoms with Gasteiger partial charge in [0.1, 0.15) is 5.56 Å². The molecule has 1 aromatic rings. The number of carbonyl (C=O) groups is 1. The van der Waals surface area contributed by atoms with Crippen molar-refractivity contribution in [3.05, 3.63) is 39.4 Å². The van der Waals surface area contributed by atoms with E-state index in [9.17, 15) is 23.7 Å². The van der Waals surface area contributed by atoms with Crippen molar-refractivity contribution < 1.29 is 23.6 Å². The van der Waals surface area contributed by atoms with Crippen LogP contribution in [0.1, 0.15) is 23.7 Å². The van der Waals surface area contributed by atoms with Crippen molar-refractivity contribution in [1.82, 2.24) is 5.32 Å². The molecule has 104 valence electrons. The summed E-state index contributed by atoms with van der Waals surface area (Å²) in [4.78, 5) is 21.5. The summed E-state index contributed by atoms with van der Waals surface area (Å²) in [5, 5.41) is 21.7. The van der Waals surface area contributed by atoms with Gasteiger partial charge in [-0.15, -0.1) is 0 Å². The van der Waals surface area contributed by atoms with Crippen LogP contribution in [0.5, 0.6) is 0 Å². The van der Waals surface area contributed by atoms with Crippen molar-refractivity contribution in [3.63, 3.8) is 0 Å². The van der Waals surface area contributed by atoms with Crippen LogP contribution in [-0.2, 0) is 0 Å². The van der Waals surface area contributed by atoms with E-state index < -0.39 is 39.8 Å². The zero-order valence-electron chi connectivity index (χ0n) is 10.0. The van der Waals surface area contributed by atoms with Gasteiger partial charge in [-0.25, -0.2) is 8.78 Å². The summed E-state index contributed by atoms with van der Waals surface area (Å²) in [6.45, 7) is 1.39. The van der Waals surface area contributed by atoms with E-state index in [0.717, 1.165) is 0 Å². The quantitative estimate of drug-likeness (QED) is 0.626. The lowest BCUT2D eigenvalue weighted by molar-refractivity contribution is -0.385. The molecule has 1 aromatic carbocycles. The average Bonchev–Trinajstić information content (AvgIpc) is 2.31. The first-order valence-corrected chi connectivity index (χ1v) is 5.42. The number of hydrogen-bond donors (Lipinski definition) is 2. The molecule has 0 aliphatic carbocycles. The number of amides is 1. The van der Waals surface area contributed by atoms with Crippen LogP contribution in [0.4, 0.5) is 14.5 Å². The average molecular weight is 274 g/mol. The molecule has 1 rings (SSSR count). The Morgan fingerprint density at radius 1 is 1.47 bits per heavy atom. The molecule has 0 aromatic heterocycles. The molecular formula is C11H12F2N2O4. The van der Waals surface area contributed by atoms with E-state index in [-0.39, 0.29) is 13.0 Å². The molecule has 0 heterocycles. The van der Waals surface area contributed by atoms with Crippen molar-refractivity contribution in [2.24, 2.45) is 0 Å². The molecule has 1 amide bonds. The first-order chi connectivity index (χ1) is 8.86. The van der Waals surface area contributed by atoms with Gasteiger partial charge in [0.15, 0.2) is 11.6 Å². The van der Waals surface area contributed by atoms with E-state index in [1.54, 1.807) is 6.92 Å². The second-order valence-corrected chi connectivity index (χ2v) is 3.93. The monoisotopic (exact) mass is 274 g/mol. The molecule has 19 heavy (non-hydrogen) atoms. The lowest BCUT2D eigenvalue weighted by Crippen LogP contribution is -2.33. The van der Waals surface area contributed by atoms with Crippen LogP contribution in [0.2, 0.25) is 0 Å². The number of hydrogen-bond acceptors (Lipinski definition) is 4. The van der Waals surface area contributed by atoms with E-state index >= 15 is 0 Å². The van der Waals surface area contributed by atoms with Gasteiger partial charge in [0.2, 0.25) is 0 Å². The third kappa shape index (κ3) is 3.68. The van der Waals surface area contributed by atoms with Gasteiger partial charge in [-0.05, 0) is 19.4 Å². The standard InChI is InChI=1S/C11H12F2N2O4/c1-6(2-3-16)14-11(17)7-4-8(12)9(13)5-10(7)15(18)19/h4-6,16H,2-3H2,1H3,(H,14,17). The van der Waals surface area contributed by atoms with Crippen molar-refractivity contribution in [1.29, 1.82) is 0 Å². The third-order valence-electron chi connectivity index (χ3n) is 2.42. The number of nitro benzene ring substituents is 1. The zero-order valence-corrected chi connectivity index (χ0v) is 10.0. The summed E-state index contributed by atoms with van der Waals surface area (Å²) in [5.41, 5.74) is -1.37. The fourth-order valence-electron chi connectivity index (χ4n) is 1.44. The van der Waals surface area contributed by atoms with Crippen LogP contribution in [0.15, 0.2) is 12.1 Å². The Balaban J connectivity index is 3.08. The predicted octanol–water partition coefficient (Wildman–Crippen LogP) is 1.37. The molecule has 0 aliphatic heterocycles. The van der Waals surface area contributed by atoms with Crippen molar-refractivity contribution >= 4 is 11.6 Å². The Morgan fingerprint density at radius 2 is 2.05 bits per heavy atom. The van der Waals surface area contributed by atoms with Crippen LogP contribution in [-0.4, -0.2) is 28.6 Å². The SMILES string of the molecule is CC(CCO)NC(=O)c1cc(F)c(F)cc1[N+](=O)[O-]. The maximum absolute atomic E-state index is 13.1. The highest BCUT2D eigenvalue weighted by molar-refractivity contribution is 5.98. The van der Waals surface area contributed by atoms with Crippen LogP contribution >= 0.6 is 0 Å². The van der Waals surface area contributed by atoms with E-state index in [2.05, 4.69) is 5.32 Å². The first-order valence-electron chi connectivity index (χ1n) is 5.42. The summed E-state index contributed by atoms with van der Waals surface area (Å²) >= 11 is 0. The highest BCUT2D eigenvalue weighted by atomic mass is 19.2. The van der Waals surface area contributed by atoms with E-state index in [1.807, 2.05) is 0 Å². The Labute approximate surface area is 107 Å². The molecule has 0 radical (unpaired) electrons. The topological polar surface area (TPSA) is 92.5 Å². The molecular weight excluding hydrogens is 262 g/mol. The zero-order chi connectivity index (χ0) is 14.6. The molecule has 0 spiro atoms. The van der Waals surface area contributed by atoms with Crippen LogP contribution in [0, 0.1) is 21.7 Å². The normalized spacial score (nSPS) is 12.0. The van der Waals surface area contributed by atoms with Crippen LogP contribution < -0.4 is 5.32 Å². The van der Waals surface area contributed by atoms with Gasteiger partial charge in [0.05, 0.1) is 11.0 Å². The fourth-order valence-corrected chi connectivity index (χ4v) is 1.44. The van der Waals surface area contributed by atoms with Crippen molar-refractivity contribution in [2.45, 2.75) is 19.4 Å². The number of nitrogens with one attached hydrogen (secondary N) is 1. The number of benzene rings is 1. The van der Waals surface area contributed by atoms with E-state index in [0.29, 0.717) is 12.1 Å². The highest BCUT2D eigenvalue weighted by Crippen LogP contribution is 2.22. The Hall–Kier alpha value is -2.09. The number of nitro groups is 1. The molecule has 6 nitrogen and oxygen atoms in total.